The van der Waals surface area contributed by atoms with E-state index in [0.29, 0.717) is 13.1 Å². The van der Waals surface area contributed by atoms with Gasteiger partial charge in [-0.1, -0.05) is 0 Å². The fourth-order valence-electron chi connectivity index (χ4n) is 1.32. The molecule has 12 heavy (non-hydrogen) atoms. The normalized spacial score (nSPS) is 30.3. The number of carboxylic acid groups (broad SMARTS) is 1. The molecule has 1 amide bonds. The number of hydrogen-bond acceptors (Lipinski definition) is 3. The fourth-order valence-corrected chi connectivity index (χ4v) is 1.32. The zero-order valence-electron chi connectivity index (χ0n) is 7.03. The highest BCUT2D eigenvalue weighted by molar-refractivity contribution is 5.65. The Morgan fingerprint density at radius 1 is 1.75 bits per heavy atom. The second-order valence-corrected chi connectivity index (χ2v) is 3.07. The number of aliphatic hydroxyl groups excluding tert-OH is 1. The molecule has 1 aliphatic heterocycles. The quantitative estimate of drug-likeness (QED) is 0.492. The maximum Gasteiger partial charge on any atom is 0.407 e. The van der Waals surface area contributed by atoms with Gasteiger partial charge < -0.3 is 20.4 Å². The van der Waals surface area contributed by atoms with Crippen molar-refractivity contribution in [3.63, 3.8) is 0 Å². The number of aliphatic hydroxyl groups is 1. The van der Waals surface area contributed by atoms with Crippen LogP contribution in [0.3, 0.4) is 0 Å². The van der Waals surface area contributed by atoms with Crippen LogP contribution in [0.2, 0.25) is 0 Å². The molecule has 2 atom stereocenters. The minimum absolute atomic E-state index is 0.00898. The number of rotatable bonds is 1. The molecule has 1 fully saturated rings. The molecule has 1 rings (SSSR count). The lowest BCUT2D eigenvalue weighted by molar-refractivity contribution is 0.0904. The summed E-state index contributed by atoms with van der Waals surface area (Å²) in [5.74, 6) is 0. The second-order valence-electron chi connectivity index (χ2n) is 3.07. The molecule has 0 aromatic carbocycles. The standard InChI is InChI=1S/C7H14N2O3/c1-5-2-8-6(4-10)3-9(5)7(11)12/h5-6,8,10H,2-4H2,1H3,(H,11,12)/t5-,6?/m0/s1. The van der Waals surface area contributed by atoms with Crippen LogP contribution < -0.4 is 5.32 Å². The van der Waals surface area contributed by atoms with E-state index in [1.54, 1.807) is 0 Å². The smallest absolute Gasteiger partial charge is 0.407 e. The highest BCUT2D eigenvalue weighted by Crippen LogP contribution is 2.06. The Hall–Kier alpha value is -0.810. The molecule has 1 unspecified atom stereocenters. The van der Waals surface area contributed by atoms with Gasteiger partial charge in [0.25, 0.3) is 0 Å². The van der Waals surface area contributed by atoms with Crippen molar-refractivity contribution in [1.29, 1.82) is 0 Å². The monoisotopic (exact) mass is 174 g/mol. The molecule has 0 aromatic heterocycles. The molecule has 3 N–H and O–H groups in total. The topological polar surface area (TPSA) is 72.8 Å². The Balaban J connectivity index is 2.53. The van der Waals surface area contributed by atoms with E-state index in [1.165, 1.54) is 4.90 Å². The molecular weight excluding hydrogens is 160 g/mol. The summed E-state index contributed by atoms with van der Waals surface area (Å²) in [6, 6.07) is -0.123. The Morgan fingerprint density at radius 3 is 2.92 bits per heavy atom. The van der Waals surface area contributed by atoms with Crippen LogP contribution in [0.5, 0.6) is 0 Å². The summed E-state index contributed by atoms with van der Waals surface area (Å²) in [4.78, 5) is 12.0. The van der Waals surface area contributed by atoms with Crippen molar-refractivity contribution >= 4 is 6.09 Å². The van der Waals surface area contributed by atoms with Crippen molar-refractivity contribution in [2.75, 3.05) is 19.7 Å². The van der Waals surface area contributed by atoms with Crippen molar-refractivity contribution in [3.8, 4) is 0 Å². The van der Waals surface area contributed by atoms with Crippen LogP contribution in [0.4, 0.5) is 4.79 Å². The summed E-state index contributed by atoms with van der Waals surface area (Å²) in [7, 11) is 0. The maximum atomic E-state index is 10.6. The minimum Gasteiger partial charge on any atom is -0.465 e. The van der Waals surface area contributed by atoms with Gasteiger partial charge in [0.05, 0.1) is 6.61 Å². The van der Waals surface area contributed by atoms with E-state index in [-0.39, 0.29) is 18.7 Å². The van der Waals surface area contributed by atoms with E-state index in [0.717, 1.165) is 0 Å². The zero-order valence-corrected chi connectivity index (χ0v) is 7.03. The summed E-state index contributed by atoms with van der Waals surface area (Å²) in [5, 5.41) is 20.6. The van der Waals surface area contributed by atoms with E-state index < -0.39 is 6.09 Å². The summed E-state index contributed by atoms with van der Waals surface area (Å²) in [6.07, 6.45) is -0.914. The van der Waals surface area contributed by atoms with Crippen molar-refractivity contribution in [2.24, 2.45) is 0 Å². The predicted octanol–water partition coefficient (Wildman–Crippen LogP) is -0.681. The van der Waals surface area contributed by atoms with E-state index in [2.05, 4.69) is 5.32 Å². The van der Waals surface area contributed by atoms with Crippen LogP contribution in [0.25, 0.3) is 0 Å². The van der Waals surface area contributed by atoms with Crippen LogP contribution in [0.15, 0.2) is 0 Å². The van der Waals surface area contributed by atoms with E-state index in [9.17, 15) is 4.79 Å². The largest absolute Gasteiger partial charge is 0.465 e. The molecule has 5 heteroatoms. The van der Waals surface area contributed by atoms with Crippen LogP contribution in [-0.4, -0.2) is 53.0 Å². The van der Waals surface area contributed by atoms with Gasteiger partial charge in [-0.15, -0.1) is 0 Å². The fraction of sp³-hybridized carbons (Fsp3) is 0.857. The number of amides is 1. The predicted molar refractivity (Wildman–Crippen MR) is 43.1 cm³/mol. The number of carbonyl (C=O) groups is 1. The first-order chi connectivity index (χ1) is 5.65. The highest BCUT2D eigenvalue weighted by atomic mass is 16.4. The van der Waals surface area contributed by atoms with Gasteiger partial charge in [-0.05, 0) is 6.92 Å². The Kier molecular flexibility index (Phi) is 2.88. The Morgan fingerprint density at radius 2 is 2.42 bits per heavy atom. The van der Waals surface area contributed by atoms with Crippen molar-refractivity contribution < 1.29 is 15.0 Å². The van der Waals surface area contributed by atoms with Gasteiger partial charge in [0.15, 0.2) is 0 Å². The summed E-state index contributed by atoms with van der Waals surface area (Å²) >= 11 is 0. The van der Waals surface area contributed by atoms with Gasteiger partial charge in [0.1, 0.15) is 0 Å². The number of hydrogen-bond donors (Lipinski definition) is 3. The molecule has 1 heterocycles. The lowest BCUT2D eigenvalue weighted by atomic mass is 10.1. The second kappa shape index (κ2) is 3.73. The molecule has 1 aliphatic rings. The number of nitrogens with zero attached hydrogens (tertiary/aromatic N) is 1. The third-order valence-electron chi connectivity index (χ3n) is 2.12. The van der Waals surface area contributed by atoms with Crippen LogP contribution in [-0.2, 0) is 0 Å². The zero-order chi connectivity index (χ0) is 9.14. The van der Waals surface area contributed by atoms with Gasteiger partial charge in [-0.2, -0.15) is 0 Å². The molecule has 5 nitrogen and oxygen atoms in total. The van der Waals surface area contributed by atoms with Gasteiger partial charge in [-0.3, -0.25) is 0 Å². The lowest BCUT2D eigenvalue weighted by Crippen LogP contribution is -2.58. The minimum atomic E-state index is -0.914. The van der Waals surface area contributed by atoms with Crippen LogP contribution in [0.1, 0.15) is 6.92 Å². The van der Waals surface area contributed by atoms with Crippen molar-refractivity contribution in [2.45, 2.75) is 19.0 Å². The molecule has 0 spiro atoms. The maximum absolute atomic E-state index is 10.6. The van der Waals surface area contributed by atoms with Gasteiger partial charge in [0, 0.05) is 25.2 Å². The third kappa shape index (κ3) is 1.86. The lowest BCUT2D eigenvalue weighted by Gasteiger charge is -2.36. The SMILES string of the molecule is C[C@H]1CNC(CO)CN1C(=O)O. The van der Waals surface area contributed by atoms with Gasteiger partial charge in [-0.25, -0.2) is 4.79 Å². The summed E-state index contributed by atoms with van der Waals surface area (Å²) in [6.45, 7) is 2.80. The van der Waals surface area contributed by atoms with E-state index >= 15 is 0 Å². The average Bonchev–Trinajstić information content (AvgIpc) is 2.05. The molecule has 0 aliphatic carbocycles. The van der Waals surface area contributed by atoms with Crippen LogP contribution in [0, 0.1) is 0 Å². The molecule has 0 bridgehead atoms. The summed E-state index contributed by atoms with van der Waals surface area (Å²) in [5.41, 5.74) is 0. The molecule has 1 saturated heterocycles. The van der Waals surface area contributed by atoms with E-state index in [1.807, 2.05) is 6.92 Å². The number of piperazine rings is 1. The average molecular weight is 174 g/mol. The molecule has 0 aromatic rings. The van der Waals surface area contributed by atoms with E-state index in [4.69, 9.17) is 10.2 Å². The Bertz CT molecular complexity index is 174. The van der Waals surface area contributed by atoms with Gasteiger partial charge in [0.2, 0.25) is 0 Å². The van der Waals surface area contributed by atoms with Crippen molar-refractivity contribution in [1.82, 2.24) is 10.2 Å². The highest BCUT2D eigenvalue weighted by Gasteiger charge is 2.27. The molecule has 70 valence electrons. The molecule has 0 radical (unpaired) electrons. The first-order valence-electron chi connectivity index (χ1n) is 3.99. The van der Waals surface area contributed by atoms with Crippen LogP contribution >= 0.6 is 0 Å². The molecule has 0 saturated carbocycles. The number of nitrogens with one attached hydrogen (secondary N) is 1. The first-order valence-corrected chi connectivity index (χ1v) is 3.99. The first kappa shape index (κ1) is 9.28. The van der Waals surface area contributed by atoms with Crippen molar-refractivity contribution in [3.05, 3.63) is 0 Å². The Labute approximate surface area is 71.0 Å². The molecular formula is C7H14N2O3. The third-order valence-corrected chi connectivity index (χ3v) is 2.12. The summed E-state index contributed by atoms with van der Waals surface area (Å²) < 4.78 is 0. The van der Waals surface area contributed by atoms with Gasteiger partial charge >= 0.3 is 6.09 Å².